The van der Waals surface area contributed by atoms with Gasteiger partial charge >= 0.3 is 0 Å². The van der Waals surface area contributed by atoms with Gasteiger partial charge < -0.3 is 10.1 Å². The lowest BCUT2D eigenvalue weighted by molar-refractivity contribution is 0.0845. The SMILES string of the molecule is O=C(NC1CC1)c1cc(C2CCOCC2)[nH]n1. The van der Waals surface area contributed by atoms with Crippen molar-refractivity contribution in [3.8, 4) is 0 Å². The van der Waals surface area contributed by atoms with Crippen molar-refractivity contribution >= 4 is 5.91 Å². The largest absolute Gasteiger partial charge is 0.381 e. The van der Waals surface area contributed by atoms with Crippen LogP contribution in [-0.4, -0.2) is 35.4 Å². The van der Waals surface area contributed by atoms with E-state index in [0.717, 1.165) is 44.6 Å². The summed E-state index contributed by atoms with van der Waals surface area (Å²) in [5.41, 5.74) is 1.58. The van der Waals surface area contributed by atoms with Gasteiger partial charge in [-0.05, 0) is 31.7 Å². The number of nitrogens with one attached hydrogen (secondary N) is 2. The summed E-state index contributed by atoms with van der Waals surface area (Å²) in [5.74, 6) is 0.404. The molecule has 1 aromatic rings. The summed E-state index contributed by atoms with van der Waals surface area (Å²) < 4.78 is 5.32. The van der Waals surface area contributed by atoms with Crippen LogP contribution >= 0.6 is 0 Å². The fourth-order valence-electron chi connectivity index (χ4n) is 2.16. The van der Waals surface area contributed by atoms with Gasteiger partial charge in [0, 0.05) is 30.9 Å². The summed E-state index contributed by atoms with van der Waals surface area (Å²) in [5, 5.41) is 10.0. The van der Waals surface area contributed by atoms with Crippen LogP contribution in [0.3, 0.4) is 0 Å². The van der Waals surface area contributed by atoms with Gasteiger partial charge in [0.05, 0.1) is 0 Å². The zero-order valence-corrected chi connectivity index (χ0v) is 9.74. The summed E-state index contributed by atoms with van der Waals surface area (Å²) in [6.45, 7) is 1.60. The quantitative estimate of drug-likeness (QED) is 0.827. The van der Waals surface area contributed by atoms with Crippen LogP contribution in [0.25, 0.3) is 0 Å². The molecule has 1 aromatic heterocycles. The minimum Gasteiger partial charge on any atom is -0.381 e. The molecule has 0 radical (unpaired) electrons. The van der Waals surface area contributed by atoms with E-state index in [2.05, 4.69) is 15.5 Å². The van der Waals surface area contributed by atoms with Crippen LogP contribution < -0.4 is 5.32 Å². The van der Waals surface area contributed by atoms with E-state index in [9.17, 15) is 4.79 Å². The first-order valence-electron chi connectivity index (χ1n) is 6.27. The molecule has 2 aliphatic rings. The van der Waals surface area contributed by atoms with Crippen molar-refractivity contribution in [2.24, 2.45) is 0 Å². The Hall–Kier alpha value is -1.36. The van der Waals surface area contributed by atoms with Crippen molar-refractivity contribution in [2.45, 2.75) is 37.6 Å². The number of nitrogens with zero attached hydrogens (tertiary/aromatic N) is 1. The van der Waals surface area contributed by atoms with E-state index in [1.165, 1.54) is 0 Å². The highest BCUT2D eigenvalue weighted by Crippen LogP contribution is 2.26. The maximum Gasteiger partial charge on any atom is 0.271 e. The molecule has 1 amide bonds. The maximum absolute atomic E-state index is 11.8. The van der Waals surface area contributed by atoms with Gasteiger partial charge in [-0.15, -0.1) is 0 Å². The van der Waals surface area contributed by atoms with Crippen molar-refractivity contribution in [1.82, 2.24) is 15.5 Å². The average Bonchev–Trinajstić information content (AvgIpc) is 3.04. The highest BCUT2D eigenvalue weighted by molar-refractivity contribution is 5.92. The third kappa shape index (κ3) is 2.49. The Morgan fingerprint density at radius 3 is 2.82 bits per heavy atom. The lowest BCUT2D eigenvalue weighted by Gasteiger charge is -2.20. The fraction of sp³-hybridized carbons (Fsp3) is 0.667. The van der Waals surface area contributed by atoms with E-state index in [0.29, 0.717) is 17.7 Å². The molecule has 1 saturated heterocycles. The molecule has 92 valence electrons. The molecule has 3 rings (SSSR count). The number of aromatic nitrogens is 2. The van der Waals surface area contributed by atoms with Crippen molar-refractivity contribution in [1.29, 1.82) is 0 Å². The van der Waals surface area contributed by atoms with Crippen molar-refractivity contribution in [2.75, 3.05) is 13.2 Å². The molecule has 17 heavy (non-hydrogen) atoms. The first-order chi connectivity index (χ1) is 8.33. The first kappa shape index (κ1) is 10.8. The van der Waals surface area contributed by atoms with Gasteiger partial charge in [-0.1, -0.05) is 0 Å². The van der Waals surface area contributed by atoms with Gasteiger partial charge in [0.1, 0.15) is 5.69 Å². The summed E-state index contributed by atoms with van der Waals surface area (Å²) in [7, 11) is 0. The van der Waals surface area contributed by atoms with Crippen LogP contribution in [0.1, 0.15) is 47.8 Å². The zero-order chi connectivity index (χ0) is 11.7. The van der Waals surface area contributed by atoms with E-state index in [1.54, 1.807) is 0 Å². The van der Waals surface area contributed by atoms with E-state index in [-0.39, 0.29) is 5.91 Å². The fourth-order valence-corrected chi connectivity index (χ4v) is 2.16. The monoisotopic (exact) mass is 235 g/mol. The van der Waals surface area contributed by atoms with E-state index in [1.807, 2.05) is 6.07 Å². The number of hydrogen-bond donors (Lipinski definition) is 2. The second kappa shape index (κ2) is 4.49. The van der Waals surface area contributed by atoms with Crippen molar-refractivity contribution < 1.29 is 9.53 Å². The van der Waals surface area contributed by atoms with Gasteiger partial charge in [0.2, 0.25) is 0 Å². The van der Waals surface area contributed by atoms with Crippen LogP contribution in [0.5, 0.6) is 0 Å². The Morgan fingerprint density at radius 2 is 2.12 bits per heavy atom. The number of amides is 1. The highest BCUT2D eigenvalue weighted by atomic mass is 16.5. The molecule has 0 atom stereocenters. The predicted molar refractivity (Wildman–Crippen MR) is 61.9 cm³/mol. The zero-order valence-electron chi connectivity index (χ0n) is 9.74. The number of H-pyrrole nitrogens is 1. The highest BCUT2D eigenvalue weighted by Gasteiger charge is 2.25. The summed E-state index contributed by atoms with van der Waals surface area (Å²) in [6.07, 6.45) is 4.21. The summed E-state index contributed by atoms with van der Waals surface area (Å²) in [4.78, 5) is 11.8. The standard InChI is InChI=1S/C12H17N3O2/c16-12(13-9-1-2-9)11-7-10(14-15-11)8-3-5-17-6-4-8/h7-9H,1-6H2,(H,13,16)(H,14,15). The van der Waals surface area contributed by atoms with E-state index in [4.69, 9.17) is 4.74 Å². The van der Waals surface area contributed by atoms with Crippen LogP contribution in [0.4, 0.5) is 0 Å². The second-order valence-corrected chi connectivity index (χ2v) is 4.84. The first-order valence-corrected chi connectivity index (χ1v) is 6.27. The van der Waals surface area contributed by atoms with Crippen LogP contribution in [0.2, 0.25) is 0 Å². The predicted octanol–water partition coefficient (Wildman–Crippen LogP) is 1.20. The van der Waals surface area contributed by atoms with E-state index >= 15 is 0 Å². The van der Waals surface area contributed by atoms with Gasteiger partial charge in [0.25, 0.3) is 5.91 Å². The number of rotatable bonds is 3. The number of carbonyl (C=O) groups excluding carboxylic acids is 1. The molecule has 0 unspecified atom stereocenters. The third-order valence-corrected chi connectivity index (χ3v) is 3.40. The van der Waals surface area contributed by atoms with Crippen LogP contribution in [-0.2, 0) is 4.74 Å². The Labute approximate surface area is 99.9 Å². The maximum atomic E-state index is 11.8. The van der Waals surface area contributed by atoms with Gasteiger partial charge in [0.15, 0.2) is 0 Å². The molecule has 2 heterocycles. The minimum absolute atomic E-state index is 0.0536. The third-order valence-electron chi connectivity index (χ3n) is 3.40. The van der Waals surface area contributed by atoms with Gasteiger partial charge in [-0.25, -0.2) is 0 Å². The molecule has 1 saturated carbocycles. The molecule has 0 spiro atoms. The molecule has 5 heteroatoms. The molecule has 0 bridgehead atoms. The molecular formula is C12H17N3O2. The van der Waals surface area contributed by atoms with E-state index < -0.39 is 0 Å². The van der Waals surface area contributed by atoms with Gasteiger partial charge in [-0.2, -0.15) is 5.10 Å². The smallest absolute Gasteiger partial charge is 0.271 e. The van der Waals surface area contributed by atoms with Crippen LogP contribution in [0.15, 0.2) is 6.07 Å². The average molecular weight is 235 g/mol. The second-order valence-electron chi connectivity index (χ2n) is 4.84. The lowest BCUT2D eigenvalue weighted by Crippen LogP contribution is -2.25. The molecule has 2 fully saturated rings. The topological polar surface area (TPSA) is 67.0 Å². The van der Waals surface area contributed by atoms with Crippen molar-refractivity contribution in [3.05, 3.63) is 17.5 Å². The lowest BCUT2D eigenvalue weighted by atomic mass is 9.96. The summed E-state index contributed by atoms with van der Waals surface area (Å²) >= 11 is 0. The molecule has 0 aromatic carbocycles. The number of aromatic amines is 1. The number of hydrogen-bond acceptors (Lipinski definition) is 3. The molecule has 1 aliphatic heterocycles. The Morgan fingerprint density at radius 1 is 1.35 bits per heavy atom. The Bertz CT molecular complexity index is 406. The normalized spacial score (nSPS) is 21.4. The molecule has 1 aliphatic carbocycles. The Balaban J connectivity index is 1.65. The Kier molecular flexibility index (Phi) is 2.84. The number of carbonyl (C=O) groups is 1. The summed E-state index contributed by atoms with van der Waals surface area (Å²) in [6, 6.07) is 2.26. The van der Waals surface area contributed by atoms with Crippen LogP contribution in [0, 0.1) is 0 Å². The molecular weight excluding hydrogens is 218 g/mol. The minimum atomic E-state index is -0.0536. The van der Waals surface area contributed by atoms with Crippen molar-refractivity contribution in [3.63, 3.8) is 0 Å². The van der Waals surface area contributed by atoms with Gasteiger partial charge in [-0.3, -0.25) is 9.89 Å². The number of ether oxygens (including phenoxy) is 1. The molecule has 2 N–H and O–H groups in total. The molecule has 5 nitrogen and oxygen atoms in total.